The lowest BCUT2D eigenvalue weighted by molar-refractivity contribution is -0.155. The summed E-state index contributed by atoms with van der Waals surface area (Å²) in [6.07, 6.45) is 1.79. The van der Waals surface area contributed by atoms with E-state index >= 15 is 0 Å². The summed E-state index contributed by atoms with van der Waals surface area (Å²) < 4.78 is 11.7. The van der Waals surface area contributed by atoms with Gasteiger partial charge in [0.15, 0.2) is 8.32 Å². The van der Waals surface area contributed by atoms with Gasteiger partial charge in [0, 0.05) is 26.5 Å². The van der Waals surface area contributed by atoms with E-state index in [1.165, 1.54) is 6.92 Å². The van der Waals surface area contributed by atoms with Gasteiger partial charge in [-0.25, -0.2) is 0 Å². The zero-order valence-corrected chi connectivity index (χ0v) is 19.7. The second kappa shape index (κ2) is 9.35. The molecule has 0 saturated carbocycles. The Bertz CT molecular complexity index is 477. The van der Waals surface area contributed by atoms with Crippen molar-refractivity contribution in [3.63, 3.8) is 0 Å². The number of ether oxygens (including phenoxy) is 1. The van der Waals surface area contributed by atoms with Crippen molar-refractivity contribution in [3.8, 4) is 0 Å². The Morgan fingerprint density at radius 1 is 0.962 bits per heavy atom. The molecule has 1 atom stereocenters. The van der Waals surface area contributed by atoms with Gasteiger partial charge in [0.25, 0.3) is 0 Å². The third kappa shape index (κ3) is 10.3. The fraction of sp³-hybridized carbons (Fsp3) is 0.900. The minimum Gasteiger partial charge on any atom is -0.460 e. The van der Waals surface area contributed by atoms with Gasteiger partial charge in [0.2, 0.25) is 5.91 Å². The summed E-state index contributed by atoms with van der Waals surface area (Å²) in [5, 5.41) is 3.06. The third-order valence-electron chi connectivity index (χ3n) is 5.09. The topological polar surface area (TPSA) is 64.6 Å². The maximum absolute atomic E-state index is 12.1. The molecule has 0 aliphatic heterocycles. The highest BCUT2D eigenvalue weighted by Crippen LogP contribution is 2.37. The van der Waals surface area contributed by atoms with E-state index in [1.807, 2.05) is 20.8 Å². The summed E-state index contributed by atoms with van der Waals surface area (Å²) in [5.74, 6) is -0.254. The first-order chi connectivity index (χ1) is 11.5. The van der Waals surface area contributed by atoms with E-state index in [9.17, 15) is 9.59 Å². The van der Waals surface area contributed by atoms with Gasteiger partial charge in [-0.3, -0.25) is 9.59 Å². The normalized spacial score (nSPS) is 15.3. The Balaban J connectivity index is 4.81. The monoisotopic (exact) mass is 387 g/mol. The Morgan fingerprint density at radius 2 is 1.50 bits per heavy atom. The quantitative estimate of drug-likeness (QED) is 0.461. The molecule has 0 saturated heterocycles. The standard InChI is InChI=1S/C20H41NO4Si/c1-16(22)21-15-20(8,12-11-17(23)25-18(2,3)4)13-14-24-26(9,10)19(5,6)7/h11-15H2,1-10H3,(H,21,22)/t20-/m0/s1. The summed E-state index contributed by atoms with van der Waals surface area (Å²) in [5.41, 5.74) is -0.679. The van der Waals surface area contributed by atoms with Crippen molar-refractivity contribution in [2.75, 3.05) is 13.2 Å². The molecule has 26 heavy (non-hydrogen) atoms. The minimum absolute atomic E-state index is 0.0567. The maximum atomic E-state index is 12.1. The first-order valence-corrected chi connectivity index (χ1v) is 12.5. The minimum atomic E-state index is -1.80. The van der Waals surface area contributed by atoms with E-state index in [2.05, 4.69) is 46.1 Å². The Hall–Kier alpha value is -0.883. The lowest BCUT2D eigenvalue weighted by Gasteiger charge is -2.38. The Morgan fingerprint density at radius 3 is 1.92 bits per heavy atom. The molecule has 0 unspecified atom stereocenters. The van der Waals surface area contributed by atoms with Crippen molar-refractivity contribution < 1.29 is 18.8 Å². The van der Waals surface area contributed by atoms with E-state index < -0.39 is 13.9 Å². The molecule has 0 rings (SSSR count). The van der Waals surface area contributed by atoms with E-state index in [-0.39, 0.29) is 22.3 Å². The Kier molecular flexibility index (Phi) is 9.04. The van der Waals surface area contributed by atoms with Crippen LogP contribution < -0.4 is 5.32 Å². The molecule has 6 heteroatoms. The molecule has 0 bridgehead atoms. The highest BCUT2D eigenvalue weighted by Gasteiger charge is 2.37. The van der Waals surface area contributed by atoms with Crippen molar-refractivity contribution in [2.24, 2.45) is 5.41 Å². The van der Waals surface area contributed by atoms with E-state index in [0.29, 0.717) is 26.0 Å². The van der Waals surface area contributed by atoms with Gasteiger partial charge in [-0.05, 0) is 57.2 Å². The van der Waals surface area contributed by atoms with Crippen LogP contribution in [0.3, 0.4) is 0 Å². The smallest absolute Gasteiger partial charge is 0.306 e. The number of esters is 1. The fourth-order valence-corrected chi connectivity index (χ4v) is 3.25. The molecule has 0 radical (unpaired) electrons. The van der Waals surface area contributed by atoms with Crippen LogP contribution in [-0.4, -0.2) is 38.9 Å². The molecule has 0 heterocycles. The highest BCUT2D eigenvalue weighted by molar-refractivity contribution is 6.74. The van der Waals surface area contributed by atoms with Crippen molar-refractivity contribution in [2.45, 2.75) is 98.4 Å². The molecule has 154 valence electrons. The van der Waals surface area contributed by atoms with Gasteiger partial charge in [0.1, 0.15) is 5.60 Å². The molecule has 1 amide bonds. The molecule has 0 fully saturated rings. The van der Waals surface area contributed by atoms with Crippen LogP contribution in [0.1, 0.15) is 74.7 Å². The van der Waals surface area contributed by atoms with Crippen LogP contribution in [0.15, 0.2) is 0 Å². The second-order valence-corrected chi connectivity index (χ2v) is 15.0. The number of rotatable bonds is 9. The zero-order valence-electron chi connectivity index (χ0n) is 18.7. The summed E-state index contributed by atoms with van der Waals surface area (Å²) in [6, 6.07) is 0. The van der Waals surface area contributed by atoms with Gasteiger partial charge < -0.3 is 14.5 Å². The van der Waals surface area contributed by atoms with Gasteiger partial charge in [-0.2, -0.15) is 0 Å². The van der Waals surface area contributed by atoms with Crippen molar-refractivity contribution in [3.05, 3.63) is 0 Å². The summed E-state index contributed by atoms with van der Waals surface area (Å²) >= 11 is 0. The van der Waals surface area contributed by atoms with Crippen LogP contribution in [0.2, 0.25) is 18.1 Å². The number of carbonyl (C=O) groups excluding carboxylic acids is 2. The van der Waals surface area contributed by atoms with Crippen LogP contribution in [0.4, 0.5) is 0 Å². The number of hydrogen-bond acceptors (Lipinski definition) is 4. The van der Waals surface area contributed by atoms with Crippen LogP contribution in [0.5, 0.6) is 0 Å². The first kappa shape index (κ1) is 25.1. The summed E-state index contributed by atoms with van der Waals surface area (Å²) in [4.78, 5) is 23.4. The average Bonchev–Trinajstić information content (AvgIpc) is 2.40. The lowest BCUT2D eigenvalue weighted by Crippen LogP contribution is -2.42. The third-order valence-corrected chi connectivity index (χ3v) is 9.63. The molecular formula is C20H41NO4Si. The van der Waals surface area contributed by atoms with Crippen LogP contribution >= 0.6 is 0 Å². The van der Waals surface area contributed by atoms with E-state index in [0.717, 1.165) is 6.42 Å². The van der Waals surface area contributed by atoms with Crippen LogP contribution in [-0.2, 0) is 18.8 Å². The molecule has 0 spiro atoms. The SMILES string of the molecule is CC(=O)NC[C@](C)(CCO[Si](C)(C)C(C)(C)C)CCC(=O)OC(C)(C)C. The number of amides is 1. The predicted octanol–water partition coefficient (Wildman–Crippen LogP) is 4.66. The second-order valence-electron chi connectivity index (χ2n) is 10.2. The first-order valence-electron chi connectivity index (χ1n) is 9.58. The molecule has 0 aliphatic carbocycles. The Labute approximate surface area is 161 Å². The van der Waals surface area contributed by atoms with Crippen molar-refractivity contribution in [1.82, 2.24) is 5.32 Å². The predicted molar refractivity (Wildman–Crippen MR) is 110 cm³/mol. The highest BCUT2D eigenvalue weighted by atomic mass is 28.4. The molecular weight excluding hydrogens is 346 g/mol. The van der Waals surface area contributed by atoms with Gasteiger partial charge in [-0.15, -0.1) is 0 Å². The zero-order chi connectivity index (χ0) is 20.8. The summed E-state index contributed by atoms with van der Waals surface area (Å²) in [6.45, 7) is 21.5. The molecule has 0 aromatic heterocycles. The lowest BCUT2D eigenvalue weighted by atomic mass is 9.82. The molecule has 5 nitrogen and oxygen atoms in total. The molecule has 0 aliphatic rings. The number of hydrogen-bond donors (Lipinski definition) is 1. The molecule has 1 N–H and O–H groups in total. The van der Waals surface area contributed by atoms with E-state index in [1.54, 1.807) is 0 Å². The van der Waals surface area contributed by atoms with Crippen LogP contribution in [0.25, 0.3) is 0 Å². The van der Waals surface area contributed by atoms with Gasteiger partial charge >= 0.3 is 5.97 Å². The average molecular weight is 388 g/mol. The maximum Gasteiger partial charge on any atom is 0.306 e. The number of nitrogens with one attached hydrogen (secondary N) is 1. The molecule has 0 aromatic rings. The van der Waals surface area contributed by atoms with Crippen molar-refractivity contribution in [1.29, 1.82) is 0 Å². The summed E-state index contributed by atoms with van der Waals surface area (Å²) in [7, 11) is -1.80. The van der Waals surface area contributed by atoms with Crippen molar-refractivity contribution >= 4 is 20.2 Å². The van der Waals surface area contributed by atoms with Crippen LogP contribution in [0, 0.1) is 5.41 Å². The van der Waals surface area contributed by atoms with Gasteiger partial charge in [-0.1, -0.05) is 27.7 Å². The fourth-order valence-electron chi connectivity index (χ4n) is 2.21. The number of carbonyl (C=O) groups is 2. The van der Waals surface area contributed by atoms with E-state index in [4.69, 9.17) is 9.16 Å². The van der Waals surface area contributed by atoms with Gasteiger partial charge in [0.05, 0.1) is 0 Å². The molecule has 0 aromatic carbocycles. The largest absolute Gasteiger partial charge is 0.460 e.